The molecule has 0 heterocycles. The van der Waals surface area contributed by atoms with Crippen LogP contribution >= 0.6 is 0 Å². The third kappa shape index (κ3) is 5.88. The van der Waals surface area contributed by atoms with E-state index in [1.807, 2.05) is 12.1 Å². The van der Waals surface area contributed by atoms with Crippen LogP contribution in [0.25, 0.3) is 0 Å². The summed E-state index contributed by atoms with van der Waals surface area (Å²) in [5.41, 5.74) is 1.95. The van der Waals surface area contributed by atoms with Crippen molar-refractivity contribution in [3.05, 3.63) is 59.4 Å². The highest BCUT2D eigenvalue weighted by molar-refractivity contribution is 5.93. The molecule has 0 atom stereocenters. The van der Waals surface area contributed by atoms with Crippen LogP contribution in [0.3, 0.4) is 0 Å². The summed E-state index contributed by atoms with van der Waals surface area (Å²) in [4.78, 5) is 23.4. The molecule has 0 aromatic heterocycles. The molecule has 138 valence electrons. The molecule has 0 fully saturated rings. The first-order valence-electron chi connectivity index (χ1n) is 8.29. The van der Waals surface area contributed by atoms with Crippen molar-refractivity contribution in [2.75, 3.05) is 18.5 Å². The Morgan fingerprint density at radius 1 is 1.08 bits per heavy atom. The first-order chi connectivity index (χ1) is 12.3. The van der Waals surface area contributed by atoms with Gasteiger partial charge in [-0.25, -0.2) is 9.18 Å². The summed E-state index contributed by atoms with van der Waals surface area (Å²) in [6.07, 6.45) is 0. The third-order valence-corrected chi connectivity index (χ3v) is 3.67. The van der Waals surface area contributed by atoms with Crippen LogP contribution in [0.15, 0.2) is 42.5 Å². The lowest BCUT2D eigenvalue weighted by molar-refractivity contribution is -0.149. The second kappa shape index (κ2) is 8.99. The lowest BCUT2D eigenvalue weighted by Gasteiger charge is -2.10. The van der Waals surface area contributed by atoms with Gasteiger partial charge >= 0.3 is 5.97 Å². The van der Waals surface area contributed by atoms with Gasteiger partial charge in [-0.3, -0.25) is 4.79 Å². The average Bonchev–Trinajstić information content (AvgIpc) is 2.61. The second-order valence-electron chi connectivity index (χ2n) is 6.20. The van der Waals surface area contributed by atoms with Gasteiger partial charge in [0.15, 0.2) is 13.2 Å². The summed E-state index contributed by atoms with van der Waals surface area (Å²) in [6.45, 7) is 5.09. The molecular weight excluding hydrogens is 337 g/mol. The summed E-state index contributed by atoms with van der Waals surface area (Å²) in [5, 5.41) is 2.35. The molecule has 6 heteroatoms. The number of hydrogen-bond acceptors (Lipinski definition) is 4. The van der Waals surface area contributed by atoms with Gasteiger partial charge in [-0.15, -0.1) is 0 Å². The van der Waals surface area contributed by atoms with E-state index in [1.165, 1.54) is 17.7 Å². The number of rotatable bonds is 7. The minimum atomic E-state index is -0.683. The molecule has 0 aliphatic carbocycles. The summed E-state index contributed by atoms with van der Waals surface area (Å²) in [5.74, 6) is -0.902. The molecule has 2 aromatic carbocycles. The van der Waals surface area contributed by atoms with Crippen LogP contribution in [-0.4, -0.2) is 25.1 Å². The van der Waals surface area contributed by atoms with Gasteiger partial charge in [-0.2, -0.15) is 0 Å². The highest BCUT2D eigenvalue weighted by atomic mass is 19.1. The normalized spacial score (nSPS) is 10.5. The van der Waals surface area contributed by atoms with E-state index in [0.29, 0.717) is 11.7 Å². The smallest absolute Gasteiger partial charge is 0.344 e. The van der Waals surface area contributed by atoms with Crippen LogP contribution in [0.1, 0.15) is 30.9 Å². The number of esters is 1. The summed E-state index contributed by atoms with van der Waals surface area (Å²) in [7, 11) is 0. The van der Waals surface area contributed by atoms with Gasteiger partial charge in [0.05, 0.1) is 5.69 Å². The minimum absolute atomic E-state index is 0.0399. The largest absolute Gasteiger partial charge is 0.482 e. The summed E-state index contributed by atoms with van der Waals surface area (Å²) < 4.78 is 23.8. The Balaban J connectivity index is 1.74. The molecule has 0 saturated carbocycles. The number of anilines is 1. The number of halogens is 1. The predicted octanol–water partition coefficient (Wildman–Crippen LogP) is 3.82. The van der Waals surface area contributed by atoms with E-state index in [1.54, 1.807) is 25.1 Å². The molecule has 0 spiro atoms. The van der Waals surface area contributed by atoms with Crippen LogP contribution in [0, 0.1) is 12.7 Å². The standard InChI is InChI=1S/C20H22FNO4/c1-13(2)15-5-7-16(8-6-15)25-12-20(24)26-11-19(23)22-18-9-4-14(3)10-17(18)21/h4-10,13H,11-12H2,1-3H3,(H,22,23). The Hall–Kier alpha value is -2.89. The topological polar surface area (TPSA) is 64.6 Å². The Bertz CT molecular complexity index is 772. The van der Waals surface area contributed by atoms with Crippen molar-refractivity contribution in [3.8, 4) is 5.75 Å². The lowest BCUT2D eigenvalue weighted by atomic mass is 10.0. The second-order valence-corrected chi connectivity index (χ2v) is 6.20. The molecule has 2 rings (SSSR count). The summed E-state index contributed by atoms with van der Waals surface area (Å²) >= 11 is 0. The molecule has 1 N–H and O–H groups in total. The van der Waals surface area contributed by atoms with E-state index < -0.39 is 24.3 Å². The van der Waals surface area contributed by atoms with Gasteiger partial charge in [0, 0.05) is 0 Å². The van der Waals surface area contributed by atoms with Gasteiger partial charge in [-0.1, -0.05) is 32.0 Å². The fraction of sp³-hybridized carbons (Fsp3) is 0.300. The van der Waals surface area contributed by atoms with Crippen molar-refractivity contribution in [2.45, 2.75) is 26.7 Å². The average molecular weight is 359 g/mol. The monoisotopic (exact) mass is 359 g/mol. The quantitative estimate of drug-likeness (QED) is 0.764. The van der Waals surface area contributed by atoms with Crippen molar-refractivity contribution in [1.29, 1.82) is 0 Å². The Labute approximate surface area is 152 Å². The summed E-state index contributed by atoms with van der Waals surface area (Å²) in [6, 6.07) is 11.8. The molecule has 0 unspecified atom stereocenters. The maximum atomic E-state index is 13.7. The molecule has 1 amide bonds. The molecule has 0 bridgehead atoms. The number of amides is 1. The molecule has 0 aliphatic rings. The number of carbonyl (C=O) groups excluding carboxylic acids is 2. The number of benzene rings is 2. The fourth-order valence-corrected chi connectivity index (χ4v) is 2.19. The van der Waals surface area contributed by atoms with E-state index >= 15 is 0 Å². The van der Waals surface area contributed by atoms with Crippen molar-refractivity contribution < 1.29 is 23.5 Å². The molecule has 0 saturated heterocycles. The van der Waals surface area contributed by atoms with E-state index in [2.05, 4.69) is 19.2 Å². The van der Waals surface area contributed by atoms with E-state index in [0.717, 1.165) is 5.56 Å². The molecule has 26 heavy (non-hydrogen) atoms. The van der Waals surface area contributed by atoms with Gasteiger partial charge < -0.3 is 14.8 Å². The van der Waals surface area contributed by atoms with E-state index in [4.69, 9.17) is 9.47 Å². The lowest BCUT2D eigenvalue weighted by Crippen LogP contribution is -2.24. The molecule has 0 aliphatic heterocycles. The first kappa shape index (κ1) is 19.4. The highest BCUT2D eigenvalue weighted by Crippen LogP contribution is 2.18. The van der Waals surface area contributed by atoms with Gasteiger partial charge in [0.2, 0.25) is 0 Å². The highest BCUT2D eigenvalue weighted by Gasteiger charge is 2.11. The molecular formula is C20H22FNO4. The van der Waals surface area contributed by atoms with Crippen LogP contribution in [0.4, 0.5) is 10.1 Å². The SMILES string of the molecule is Cc1ccc(NC(=O)COC(=O)COc2ccc(C(C)C)cc2)c(F)c1. The maximum absolute atomic E-state index is 13.7. The Morgan fingerprint density at radius 3 is 2.38 bits per heavy atom. The zero-order valence-electron chi connectivity index (χ0n) is 15.0. The third-order valence-electron chi connectivity index (χ3n) is 3.67. The number of hydrogen-bond donors (Lipinski definition) is 1. The fourth-order valence-electron chi connectivity index (χ4n) is 2.19. The number of carbonyl (C=O) groups is 2. The van der Waals surface area contributed by atoms with Crippen molar-refractivity contribution in [3.63, 3.8) is 0 Å². The van der Waals surface area contributed by atoms with Gasteiger partial charge in [0.1, 0.15) is 11.6 Å². The van der Waals surface area contributed by atoms with Gasteiger partial charge in [0.25, 0.3) is 5.91 Å². The van der Waals surface area contributed by atoms with Gasteiger partial charge in [-0.05, 0) is 48.2 Å². The number of aryl methyl sites for hydroxylation is 1. The Morgan fingerprint density at radius 2 is 1.77 bits per heavy atom. The molecule has 2 aromatic rings. The number of nitrogens with one attached hydrogen (secondary N) is 1. The first-order valence-corrected chi connectivity index (χ1v) is 8.29. The Kier molecular flexibility index (Phi) is 6.72. The van der Waals surface area contributed by atoms with E-state index in [9.17, 15) is 14.0 Å². The molecule has 5 nitrogen and oxygen atoms in total. The van der Waals surface area contributed by atoms with Crippen molar-refractivity contribution in [2.24, 2.45) is 0 Å². The zero-order chi connectivity index (χ0) is 19.1. The van der Waals surface area contributed by atoms with Crippen LogP contribution < -0.4 is 10.1 Å². The van der Waals surface area contributed by atoms with Crippen LogP contribution in [-0.2, 0) is 14.3 Å². The van der Waals surface area contributed by atoms with Crippen molar-refractivity contribution in [1.82, 2.24) is 0 Å². The number of ether oxygens (including phenoxy) is 2. The molecule has 0 radical (unpaired) electrons. The predicted molar refractivity (Wildman–Crippen MR) is 96.8 cm³/mol. The van der Waals surface area contributed by atoms with E-state index in [-0.39, 0.29) is 12.3 Å². The van der Waals surface area contributed by atoms with Crippen LogP contribution in [0.2, 0.25) is 0 Å². The van der Waals surface area contributed by atoms with Crippen molar-refractivity contribution >= 4 is 17.6 Å². The van der Waals surface area contributed by atoms with Crippen LogP contribution in [0.5, 0.6) is 5.75 Å². The zero-order valence-corrected chi connectivity index (χ0v) is 15.0. The minimum Gasteiger partial charge on any atom is -0.482 e. The maximum Gasteiger partial charge on any atom is 0.344 e.